The van der Waals surface area contributed by atoms with Crippen LogP contribution in [0, 0.1) is 10.1 Å². The van der Waals surface area contributed by atoms with Gasteiger partial charge in [0.05, 0.1) is 11.2 Å². The van der Waals surface area contributed by atoms with Crippen LogP contribution in [0.5, 0.6) is 0 Å². The summed E-state index contributed by atoms with van der Waals surface area (Å²) in [5.41, 5.74) is 0.609. The van der Waals surface area contributed by atoms with E-state index in [1.165, 1.54) is 6.07 Å². The highest BCUT2D eigenvalue weighted by atomic mass is 16.6. The van der Waals surface area contributed by atoms with Crippen LogP contribution in [0.15, 0.2) is 41.0 Å². The Morgan fingerprint density at radius 2 is 2.24 bits per heavy atom. The van der Waals surface area contributed by atoms with Crippen LogP contribution in [0.3, 0.4) is 0 Å². The van der Waals surface area contributed by atoms with Gasteiger partial charge in [-0.2, -0.15) is 0 Å². The molecular formula is C15H16N2O4. The first kappa shape index (κ1) is 14.8. The number of nitro benzene ring substituents is 1. The van der Waals surface area contributed by atoms with Gasteiger partial charge in [-0.25, -0.2) is 0 Å². The molecule has 1 N–H and O–H groups in total. The molecule has 0 aliphatic carbocycles. The highest BCUT2D eigenvalue weighted by molar-refractivity contribution is 5.79. The average Bonchev–Trinajstić information content (AvgIpc) is 2.98. The number of carbonyl (C=O) groups excluding carboxylic acids is 1. The highest BCUT2D eigenvalue weighted by Crippen LogP contribution is 2.26. The topological polar surface area (TPSA) is 85.4 Å². The zero-order chi connectivity index (χ0) is 15.2. The summed E-state index contributed by atoms with van der Waals surface area (Å²) in [7, 11) is 0. The zero-order valence-corrected chi connectivity index (χ0v) is 11.6. The fourth-order valence-electron chi connectivity index (χ4n) is 2.05. The van der Waals surface area contributed by atoms with Gasteiger partial charge in [0, 0.05) is 24.1 Å². The highest BCUT2D eigenvalue weighted by Gasteiger charge is 2.16. The Hall–Kier alpha value is -2.63. The minimum Gasteiger partial charge on any atom is -0.469 e. The SMILES string of the molecule is CC(CCc1ccco1)Nc1ccc(C=O)cc1[N+](=O)[O-]. The zero-order valence-electron chi connectivity index (χ0n) is 11.6. The van der Waals surface area contributed by atoms with Gasteiger partial charge in [-0.05, 0) is 37.6 Å². The Balaban J connectivity index is 2.04. The third kappa shape index (κ3) is 3.92. The minimum atomic E-state index is -0.491. The summed E-state index contributed by atoms with van der Waals surface area (Å²) in [5.74, 6) is 0.884. The van der Waals surface area contributed by atoms with Gasteiger partial charge in [0.15, 0.2) is 0 Å². The molecule has 2 rings (SSSR count). The molecule has 6 heteroatoms. The van der Waals surface area contributed by atoms with Crippen molar-refractivity contribution in [3.05, 3.63) is 58.0 Å². The van der Waals surface area contributed by atoms with E-state index in [-0.39, 0.29) is 17.3 Å². The van der Waals surface area contributed by atoms with Gasteiger partial charge >= 0.3 is 0 Å². The summed E-state index contributed by atoms with van der Waals surface area (Å²) in [6.45, 7) is 1.94. The van der Waals surface area contributed by atoms with Gasteiger partial charge in [0.25, 0.3) is 5.69 Å². The molecule has 1 heterocycles. The summed E-state index contributed by atoms with van der Waals surface area (Å²) >= 11 is 0. The van der Waals surface area contributed by atoms with Crippen molar-refractivity contribution < 1.29 is 14.1 Å². The fourth-order valence-corrected chi connectivity index (χ4v) is 2.05. The van der Waals surface area contributed by atoms with Crippen LogP contribution >= 0.6 is 0 Å². The van der Waals surface area contributed by atoms with Crippen molar-refractivity contribution in [3.8, 4) is 0 Å². The van der Waals surface area contributed by atoms with Crippen molar-refractivity contribution in [1.82, 2.24) is 0 Å². The molecule has 0 aliphatic rings. The van der Waals surface area contributed by atoms with E-state index in [0.717, 1.165) is 18.6 Å². The Labute approximate surface area is 121 Å². The second-order valence-electron chi connectivity index (χ2n) is 4.81. The summed E-state index contributed by atoms with van der Waals surface area (Å²) in [6.07, 6.45) is 3.75. The van der Waals surface area contributed by atoms with E-state index in [1.54, 1.807) is 18.4 Å². The number of furan rings is 1. The molecule has 6 nitrogen and oxygen atoms in total. The number of rotatable bonds is 7. The molecule has 0 bridgehead atoms. The average molecular weight is 288 g/mol. The second kappa shape index (κ2) is 6.69. The monoisotopic (exact) mass is 288 g/mol. The number of nitrogens with one attached hydrogen (secondary N) is 1. The minimum absolute atomic E-state index is 0.0379. The van der Waals surface area contributed by atoms with Crippen molar-refractivity contribution in [2.75, 3.05) is 5.32 Å². The Bertz CT molecular complexity index is 623. The Kier molecular flexibility index (Phi) is 4.71. The van der Waals surface area contributed by atoms with Gasteiger partial charge in [-0.1, -0.05) is 0 Å². The van der Waals surface area contributed by atoms with E-state index >= 15 is 0 Å². The summed E-state index contributed by atoms with van der Waals surface area (Å²) in [4.78, 5) is 21.3. The lowest BCUT2D eigenvalue weighted by molar-refractivity contribution is -0.384. The van der Waals surface area contributed by atoms with Gasteiger partial charge < -0.3 is 9.73 Å². The first-order chi connectivity index (χ1) is 10.1. The van der Waals surface area contributed by atoms with Crippen molar-refractivity contribution in [3.63, 3.8) is 0 Å². The normalized spacial score (nSPS) is 11.9. The van der Waals surface area contributed by atoms with E-state index in [2.05, 4.69) is 5.32 Å². The van der Waals surface area contributed by atoms with E-state index in [9.17, 15) is 14.9 Å². The number of aryl methyl sites for hydroxylation is 1. The van der Waals surface area contributed by atoms with Gasteiger partial charge in [-0.3, -0.25) is 14.9 Å². The number of hydrogen-bond donors (Lipinski definition) is 1. The molecule has 0 saturated carbocycles. The Morgan fingerprint density at radius 3 is 2.86 bits per heavy atom. The van der Waals surface area contributed by atoms with Gasteiger partial charge in [-0.15, -0.1) is 0 Å². The molecule has 21 heavy (non-hydrogen) atoms. The first-order valence-electron chi connectivity index (χ1n) is 6.62. The molecule has 1 atom stereocenters. The fraction of sp³-hybridized carbons (Fsp3) is 0.267. The molecule has 1 aromatic heterocycles. The number of aldehydes is 1. The van der Waals surface area contributed by atoms with E-state index in [4.69, 9.17) is 4.42 Å². The lowest BCUT2D eigenvalue weighted by Crippen LogP contribution is -2.17. The smallest absolute Gasteiger partial charge is 0.293 e. The van der Waals surface area contributed by atoms with Crippen molar-refractivity contribution in [2.24, 2.45) is 0 Å². The van der Waals surface area contributed by atoms with Crippen LogP contribution < -0.4 is 5.32 Å². The molecule has 0 aliphatic heterocycles. The standard InChI is InChI=1S/C15H16N2O4/c1-11(4-6-13-3-2-8-21-13)16-14-7-5-12(10-18)9-15(14)17(19)20/h2-3,5,7-11,16H,4,6H2,1H3. The summed E-state index contributed by atoms with van der Waals surface area (Å²) in [5, 5.41) is 14.2. The summed E-state index contributed by atoms with van der Waals surface area (Å²) < 4.78 is 5.25. The van der Waals surface area contributed by atoms with Crippen molar-refractivity contribution in [1.29, 1.82) is 0 Å². The van der Waals surface area contributed by atoms with Gasteiger partial charge in [0.2, 0.25) is 0 Å². The lowest BCUT2D eigenvalue weighted by atomic mass is 10.1. The van der Waals surface area contributed by atoms with E-state index in [1.807, 2.05) is 19.1 Å². The number of anilines is 1. The molecule has 0 spiro atoms. The van der Waals surface area contributed by atoms with Crippen LogP contribution in [0.25, 0.3) is 0 Å². The number of carbonyl (C=O) groups is 1. The molecule has 110 valence electrons. The third-order valence-electron chi connectivity index (χ3n) is 3.16. The maximum Gasteiger partial charge on any atom is 0.293 e. The molecule has 1 unspecified atom stereocenters. The summed E-state index contributed by atoms with van der Waals surface area (Å²) in [6, 6.07) is 8.15. The molecule has 0 radical (unpaired) electrons. The van der Waals surface area contributed by atoms with Crippen LogP contribution in [-0.4, -0.2) is 17.3 Å². The molecule has 0 fully saturated rings. The predicted octanol–water partition coefficient (Wildman–Crippen LogP) is 3.43. The van der Waals surface area contributed by atoms with E-state index in [0.29, 0.717) is 12.0 Å². The quantitative estimate of drug-likeness (QED) is 0.479. The molecule has 2 aromatic rings. The Morgan fingerprint density at radius 1 is 1.43 bits per heavy atom. The molecular weight excluding hydrogens is 272 g/mol. The van der Waals surface area contributed by atoms with Crippen LogP contribution in [-0.2, 0) is 6.42 Å². The lowest BCUT2D eigenvalue weighted by Gasteiger charge is -2.14. The predicted molar refractivity (Wildman–Crippen MR) is 78.6 cm³/mol. The van der Waals surface area contributed by atoms with Crippen LogP contribution in [0.2, 0.25) is 0 Å². The maximum atomic E-state index is 11.1. The number of hydrogen-bond acceptors (Lipinski definition) is 5. The first-order valence-corrected chi connectivity index (χ1v) is 6.62. The van der Waals surface area contributed by atoms with Gasteiger partial charge in [0.1, 0.15) is 17.7 Å². The number of nitrogens with zero attached hydrogens (tertiary/aromatic N) is 1. The second-order valence-corrected chi connectivity index (χ2v) is 4.81. The maximum absolute atomic E-state index is 11.1. The molecule has 1 aromatic carbocycles. The van der Waals surface area contributed by atoms with E-state index < -0.39 is 4.92 Å². The largest absolute Gasteiger partial charge is 0.469 e. The van der Waals surface area contributed by atoms with Crippen LogP contribution in [0.4, 0.5) is 11.4 Å². The molecule has 0 amide bonds. The van der Waals surface area contributed by atoms with Crippen LogP contribution in [0.1, 0.15) is 29.5 Å². The number of benzene rings is 1. The van der Waals surface area contributed by atoms with Crippen molar-refractivity contribution in [2.45, 2.75) is 25.8 Å². The molecule has 0 saturated heterocycles. The number of nitro groups is 1. The van der Waals surface area contributed by atoms with Crippen molar-refractivity contribution >= 4 is 17.7 Å². The third-order valence-corrected chi connectivity index (χ3v) is 3.16.